The van der Waals surface area contributed by atoms with Crippen molar-refractivity contribution < 1.29 is 9.18 Å². The van der Waals surface area contributed by atoms with Crippen LogP contribution in [0.2, 0.25) is 5.02 Å². The summed E-state index contributed by atoms with van der Waals surface area (Å²) in [7, 11) is 0. The van der Waals surface area contributed by atoms with E-state index in [1.807, 2.05) is 18.2 Å². The fraction of sp³-hybridized carbons (Fsp3) is 0.0714. The lowest BCUT2D eigenvalue weighted by Gasteiger charge is -2.09. The van der Waals surface area contributed by atoms with E-state index in [9.17, 15) is 9.18 Å². The highest BCUT2D eigenvalue weighted by Crippen LogP contribution is 2.26. The summed E-state index contributed by atoms with van der Waals surface area (Å²) in [5, 5.41) is 4.02. The molecule has 0 saturated heterocycles. The molecule has 0 aliphatic carbocycles. The number of pyridine rings is 1. The Morgan fingerprint density at radius 1 is 0.971 bits per heavy atom. The van der Waals surface area contributed by atoms with Crippen molar-refractivity contribution >= 4 is 28.4 Å². The van der Waals surface area contributed by atoms with Crippen molar-refractivity contribution in [3.63, 3.8) is 0 Å². The summed E-state index contributed by atoms with van der Waals surface area (Å²) in [5.74, 6) is -0.691. The molecule has 2 aromatic heterocycles. The molecule has 0 saturated carbocycles. The third-order valence-corrected chi connectivity index (χ3v) is 6.08. The van der Waals surface area contributed by atoms with Crippen LogP contribution in [0, 0.1) is 5.82 Å². The van der Waals surface area contributed by atoms with Gasteiger partial charge in [0.1, 0.15) is 5.82 Å². The SMILES string of the molecule is O=C(NCc1cc2c(Cl)c[nH]c2cc1F)c1ccnc(Cc2ccc(-c3ccccc3)cc2)c1. The average Bonchev–Trinajstić information content (AvgIpc) is 3.22. The Hall–Kier alpha value is -3.96. The van der Waals surface area contributed by atoms with Crippen molar-refractivity contribution in [2.24, 2.45) is 0 Å². The highest BCUT2D eigenvalue weighted by molar-refractivity contribution is 6.35. The molecule has 0 unspecified atom stereocenters. The van der Waals surface area contributed by atoms with Gasteiger partial charge in [-0.3, -0.25) is 9.78 Å². The number of benzene rings is 3. The largest absolute Gasteiger partial charge is 0.360 e. The van der Waals surface area contributed by atoms with Crippen LogP contribution in [0.5, 0.6) is 0 Å². The van der Waals surface area contributed by atoms with E-state index < -0.39 is 5.82 Å². The van der Waals surface area contributed by atoms with Gasteiger partial charge in [0.05, 0.1) is 5.02 Å². The van der Waals surface area contributed by atoms with Gasteiger partial charge >= 0.3 is 0 Å². The number of halogens is 2. The third-order valence-electron chi connectivity index (χ3n) is 5.76. The number of nitrogens with one attached hydrogen (secondary N) is 2. The minimum atomic E-state index is -0.402. The summed E-state index contributed by atoms with van der Waals surface area (Å²) in [6, 6.07) is 25.0. The van der Waals surface area contributed by atoms with Crippen molar-refractivity contribution in [1.82, 2.24) is 15.3 Å². The smallest absolute Gasteiger partial charge is 0.251 e. The first-order chi connectivity index (χ1) is 16.6. The molecule has 0 fully saturated rings. The fourth-order valence-electron chi connectivity index (χ4n) is 3.94. The number of hydrogen-bond acceptors (Lipinski definition) is 2. The van der Waals surface area contributed by atoms with Gasteiger partial charge in [0, 0.05) is 53.1 Å². The van der Waals surface area contributed by atoms with Gasteiger partial charge in [-0.2, -0.15) is 0 Å². The standard InChI is InChI=1S/C28H21ClFN3O/c29-25-17-32-27-15-26(30)22(14-24(25)27)16-33-28(34)21-10-11-31-23(13-21)12-18-6-8-20(9-7-18)19-4-2-1-3-5-19/h1-11,13-15,17,32H,12,16H2,(H,33,34). The summed E-state index contributed by atoms with van der Waals surface area (Å²) in [6.45, 7) is 0.0563. The van der Waals surface area contributed by atoms with E-state index in [1.54, 1.807) is 30.6 Å². The molecule has 0 atom stereocenters. The second-order valence-electron chi connectivity index (χ2n) is 8.08. The highest BCUT2D eigenvalue weighted by Gasteiger charge is 2.12. The molecule has 4 nitrogen and oxygen atoms in total. The minimum absolute atomic E-state index is 0.0563. The molecule has 0 radical (unpaired) electrons. The lowest BCUT2D eigenvalue weighted by molar-refractivity contribution is 0.0950. The van der Waals surface area contributed by atoms with Crippen LogP contribution in [0.3, 0.4) is 0 Å². The minimum Gasteiger partial charge on any atom is -0.360 e. The van der Waals surface area contributed by atoms with Crippen molar-refractivity contribution in [3.05, 3.63) is 124 Å². The van der Waals surface area contributed by atoms with Crippen LogP contribution in [0.25, 0.3) is 22.0 Å². The molecule has 5 aromatic rings. The Bertz CT molecular complexity index is 1460. The molecule has 0 bridgehead atoms. The van der Waals surface area contributed by atoms with Crippen LogP contribution < -0.4 is 5.32 Å². The quantitative estimate of drug-likeness (QED) is 0.296. The van der Waals surface area contributed by atoms with E-state index in [4.69, 9.17) is 11.6 Å². The fourth-order valence-corrected chi connectivity index (χ4v) is 4.15. The number of fused-ring (bicyclic) bond motifs is 1. The maximum absolute atomic E-state index is 14.4. The highest BCUT2D eigenvalue weighted by atomic mass is 35.5. The molecule has 34 heavy (non-hydrogen) atoms. The second kappa shape index (κ2) is 9.49. The molecule has 3 aromatic carbocycles. The van der Waals surface area contributed by atoms with Crippen LogP contribution in [0.15, 0.2) is 91.3 Å². The Morgan fingerprint density at radius 2 is 1.74 bits per heavy atom. The number of aromatic nitrogens is 2. The predicted molar refractivity (Wildman–Crippen MR) is 133 cm³/mol. The Morgan fingerprint density at radius 3 is 2.53 bits per heavy atom. The van der Waals surface area contributed by atoms with E-state index in [0.29, 0.717) is 28.1 Å². The van der Waals surface area contributed by atoms with Crippen molar-refractivity contribution in [2.75, 3.05) is 0 Å². The number of amides is 1. The summed E-state index contributed by atoms with van der Waals surface area (Å²) in [4.78, 5) is 20.1. The maximum atomic E-state index is 14.4. The first kappa shape index (κ1) is 21.9. The van der Waals surface area contributed by atoms with Gasteiger partial charge in [-0.1, -0.05) is 66.2 Å². The number of nitrogens with zero attached hydrogens (tertiary/aromatic N) is 1. The van der Waals surface area contributed by atoms with Crippen molar-refractivity contribution in [1.29, 1.82) is 0 Å². The lowest BCUT2D eigenvalue weighted by atomic mass is 10.0. The summed E-state index contributed by atoms with van der Waals surface area (Å²) >= 11 is 6.13. The molecule has 0 spiro atoms. The zero-order chi connectivity index (χ0) is 23.5. The molecular weight excluding hydrogens is 449 g/mol. The van der Waals surface area contributed by atoms with Gasteiger partial charge < -0.3 is 10.3 Å². The van der Waals surface area contributed by atoms with E-state index in [-0.39, 0.29) is 12.5 Å². The van der Waals surface area contributed by atoms with Gasteiger partial charge in [-0.15, -0.1) is 0 Å². The Balaban J connectivity index is 1.26. The number of H-pyrrole nitrogens is 1. The van der Waals surface area contributed by atoms with Gasteiger partial charge in [0.25, 0.3) is 5.91 Å². The second-order valence-corrected chi connectivity index (χ2v) is 8.49. The van der Waals surface area contributed by atoms with E-state index in [1.165, 1.54) is 11.6 Å². The molecule has 5 rings (SSSR count). The number of carbonyl (C=O) groups excluding carboxylic acids is 1. The zero-order valence-corrected chi connectivity index (χ0v) is 18.9. The molecule has 0 aliphatic heterocycles. The monoisotopic (exact) mass is 469 g/mol. The molecule has 2 heterocycles. The first-order valence-corrected chi connectivity index (χ1v) is 11.3. The molecule has 6 heteroatoms. The van der Waals surface area contributed by atoms with Gasteiger partial charge in [-0.25, -0.2) is 4.39 Å². The number of carbonyl (C=O) groups is 1. The summed E-state index contributed by atoms with van der Waals surface area (Å²) < 4.78 is 14.4. The third kappa shape index (κ3) is 4.70. The van der Waals surface area contributed by atoms with Crippen LogP contribution in [0.4, 0.5) is 4.39 Å². The van der Waals surface area contributed by atoms with E-state index in [0.717, 1.165) is 22.2 Å². The number of aromatic amines is 1. The molecular formula is C28H21ClFN3O. The van der Waals surface area contributed by atoms with Crippen LogP contribution >= 0.6 is 11.6 Å². The van der Waals surface area contributed by atoms with Crippen molar-refractivity contribution in [2.45, 2.75) is 13.0 Å². The van der Waals surface area contributed by atoms with Crippen molar-refractivity contribution in [3.8, 4) is 11.1 Å². The summed E-state index contributed by atoms with van der Waals surface area (Å²) in [5.41, 5.74) is 5.67. The average molecular weight is 470 g/mol. The topological polar surface area (TPSA) is 57.8 Å². The lowest BCUT2D eigenvalue weighted by Crippen LogP contribution is -2.23. The Kier molecular flexibility index (Phi) is 6.11. The Labute approximate surface area is 201 Å². The van der Waals surface area contributed by atoms with Crippen LogP contribution in [-0.4, -0.2) is 15.9 Å². The van der Waals surface area contributed by atoms with E-state index >= 15 is 0 Å². The van der Waals surface area contributed by atoms with E-state index in [2.05, 4.69) is 51.7 Å². The van der Waals surface area contributed by atoms with Crippen LogP contribution in [0.1, 0.15) is 27.2 Å². The summed E-state index contributed by atoms with van der Waals surface area (Å²) in [6.07, 6.45) is 3.84. The normalized spacial score (nSPS) is 11.0. The molecule has 2 N–H and O–H groups in total. The number of hydrogen-bond donors (Lipinski definition) is 2. The predicted octanol–water partition coefficient (Wildman–Crippen LogP) is 6.54. The van der Waals surface area contributed by atoms with Gasteiger partial charge in [0.15, 0.2) is 0 Å². The van der Waals surface area contributed by atoms with Gasteiger partial charge in [0.2, 0.25) is 0 Å². The molecule has 168 valence electrons. The molecule has 1 amide bonds. The first-order valence-electron chi connectivity index (χ1n) is 10.9. The number of rotatable bonds is 6. The maximum Gasteiger partial charge on any atom is 0.251 e. The zero-order valence-electron chi connectivity index (χ0n) is 18.2. The molecule has 0 aliphatic rings. The van der Waals surface area contributed by atoms with Crippen LogP contribution in [-0.2, 0) is 13.0 Å². The van der Waals surface area contributed by atoms with Gasteiger partial charge in [-0.05, 0) is 41.0 Å².